The van der Waals surface area contributed by atoms with E-state index < -0.39 is 0 Å². The molecule has 0 bridgehead atoms. The predicted octanol–water partition coefficient (Wildman–Crippen LogP) is 3.96. The summed E-state index contributed by atoms with van der Waals surface area (Å²) in [6.07, 6.45) is 6.09. The second-order valence-electron chi connectivity index (χ2n) is 6.94. The number of carbonyl (C=O) groups is 2. The Morgan fingerprint density at radius 2 is 1.76 bits per heavy atom. The number of hydrogen-bond donors (Lipinski definition) is 2. The van der Waals surface area contributed by atoms with E-state index in [4.69, 9.17) is 9.47 Å². The van der Waals surface area contributed by atoms with E-state index in [0.29, 0.717) is 28.2 Å². The van der Waals surface area contributed by atoms with E-state index in [-0.39, 0.29) is 24.7 Å². The summed E-state index contributed by atoms with van der Waals surface area (Å²) in [4.78, 5) is 24.4. The Hall–Kier alpha value is -2.68. The fourth-order valence-electron chi connectivity index (χ4n) is 3.33. The monoisotopic (exact) mass is 418 g/mol. The molecule has 1 saturated carbocycles. The van der Waals surface area contributed by atoms with Gasteiger partial charge < -0.3 is 20.1 Å². The molecule has 1 aliphatic carbocycles. The molecule has 9 heteroatoms. The smallest absolute Gasteiger partial charge is 0.226 e. The zero-order chi connectivity index (χ0) is 20.6. The van der Waals surface area contributed by atoms with Crippen molar-refractivity contribution in [2.75, 3.05) is 24.9 Å². The third-order valence-corrected chi connectivity index (χ3v) is 5.90. The summed E-state index contributed by atoms with van der Waals surface area (Å²) < 4.78 is 10.4. The quantitative estimate of drug-likeness (QED) is 0.673. The van der Waals surface area contributed by atoms with Crippen LogP contribution in [0.1, 0.15) is 55.9 Å². The van der Waals surface area contributed by atoms with E-state index in [1.165, 1.54) is 37.7 Å². The molecule has 0 radical (unpaired) electrons. The zero-order valence-corrected chi connectivity index (χ0v) is 17.5. The van der Waals surface area contributed by atoms with Gasteiger partial charge in [-0.25, -0.2) is 0 Å². The standard InChI is InChI=1S/C20H26N4O4S/c1-27-14-8-9-16(28-2)15(12-14)21-17(25)10-11-18(26)22-20-24-23-19(29-20)13-6-4-3-5-7-13/h8-9,12-13H,3-7,10-11H2,1-2H3,(H,21,25)(H,22,24,26). The maximum atomic E-state index is 12.2. The van der Waals surface area contributed by atoms with Gasteiger partial charge in [-0.2, -0.15) is 0 Å². The number of anilines is 2. The molecule has 156 valence electrons. The van der Waals surface area contributed by atoms with Crippen molar-refractivity contribution in [2.45, 2.75) is 50.9 Å². The Bertz CT molecular complexity index is 849. The summed E-state index contributed by atoms with van der Waals surface area (Å²) in [5.41, 5.74) is 0.499. The number of benzene rings is 1. The Balaban J connectivity index is 1.48. The number of amides is 2. The van der Waals surface area contributed by atoms with Crippen LogP contribution >= 0.6 is 11.3 Å². The molecular formula is C20H26N4O4S. The average Bonchev–Trinajstić information content (AvgIpc) is 3.21. The van der Waals surface area contributed by atoms with Gasteiger partial charge in [-0.1, -0.05) is 30.6 Å². The lowest BCUT2D eigenvalue weighted by Crippen LogP contribution is -2.17. The number of nitrogens with one attached hydrogen (secondary N) is 2. The SMILES string of the molecule is COc1ccc(OC)c(NC(=O)CCC(=O)Nc2nnc(C3CCCCC3)s2)c1. The molecule has 0 aliphatic heterocycles. The second-order valence-corrected chi connectivity index (χ2v) is 7.95. The van der Waals surface area contributed by atoms with Gasteiger partial charge in [-0.15, -0.1) is 10.2 Å². The first-order valence-electron chi connectivity index (χ1n) is 9.74. The van der Waals surface area contributed by atoms with E-state index in [1.807, 2.05) is 0 Å². The number of aromatic nitrogens is 2. The molecule has 29 heavy (non-hydrogen) atoms. The van der Waals surface area contributed by atoms with E-state index in [1.54, 1.807) is 25.3 Å². The van der Waals surface area contributed by atoms with E-state index in [0.717, 1.165) is 17.8 Å². The molecule has 0 atom stereocenters. The average molecular weight is 419 g/mol. The van der Waals surface area contributed by atoms with Crippen molar-refractivity contribution in [1.82, 2.24) is 10.2 Å². The van der Waals surface area contributed by atoms with Crippen LogP contribution in [0.15, 0.2) is 18.2 Å². The molecule has 0 spiro atoms. The fourth-order valence-corrected chi connectivity index (χ4v) is 4.26. The van der Waals surface area contributed by atoms with Crippen LogP contribution in [0.3, 0.4) is 0 Å². The largest absolute Gasteiger partial charge is 0.497 e. The minimum Gasteiger partial charge on any atom is -0.497 e. The molecule has 0 saturated heterocycles. The van der Waals surface area contributed by atoms with Crippen LogP contribution in [-0.4, -0.2) is 36.2 Å². The molecule has 1 aromatic carbocycles. The fraction of sp³-hybridized carbons (Fsp3) is 0.500. The van der Waals surface area contributed by atoms with Gasteiger partial charge in [0.25, 0.3) is 0 Å². The van der Waals surface area contributed by atoms with Crippen LogP contribution in [0.25, 0.3) is 0 Å². The van der Waals surface area contributed by atoms with Crippen molar-refractivity contribution in [1.29, 1.82) is 0 Å². The first kappa shape index (κ1) is 21.0. The van der Waals surface area contributed by atoms with E-state index >= 15 is 0 Å². The highest BCUT2D eigenvalue weighted by Gasteiger charge is 2.20. The highest BCUT2D eigenvalue weighted by Crippen LogP contribution is 2.35. The summed E-state index contributed by atoms with van der Waals surface area (Å²) in [5, 5.41) is 15.3. The van der Waals surface area contributed by atoms with Crippen molar-refractivity contribution in [2.24, 2.45) is 0 Å². The van der Waals surface area contributed by atoms with Gasteiger partial charge in [0.05, 0.1) is 19.9 Å². The summed E-state index contributed by atoms with van der Waals surface area (Å²) in [6.45, 7) is 0. The molecule has 1 aliphatic rings. The van der Waals surface area contributed by atoms with Crippen molar-refractivity contribution >= 4 is 34.0 Å². The minimum atomic E-state index is -0.285. The highest BCUT2D eigenvalue weighted by molar-refractivity contribution is 7.15. The molecule has 3 rings (SSSR count). The minimum absolute atomic E-state index is 0.0421. The Kier molecular flexibility index (Phi) is 7.40. The zero-order valence-electron chi connectivity index (χ0n) is 16.7. The molecule has 2 aromatic rings. The summed E-state index contributed by atoms with van der Waals surface area (Å²) in [6, 6.07) is 5.12. The van der Waals surface area contributed by atoms with Crippen LogP contribution < -0.4 is 20.1 Å². The first-order valence-corrected chi connectivity index (χ1v) is 10.6. The number of rotatable bonds is 8. The van der Waals surface area contributed by atoms with Crippen LogP contribution in [0, 0.1) is 0 Å². The lowest BCUT2D eigenvalue weighted by atomic mass is 9.90. The summed E-state index contributed by atoms with van der Waals surface area (Å²) >= 11 is 1.43. The maximum Gasteiger partial charge on any atom is 0.226 e. The number of nitrogens with zero attached hydrogens (tertiary/aromatic N) is 2. The van der Waals surface area contributed by atoms with Crippen molar-refractivity contribution in [3.05, 3.63) is 23.2 Å². The third-order valence-electron chi connectivity index (χ3n) is 4.90. The molecular weight excluding hydrogens is 392 g/mol. The normalized spacial score (nSPS) is 14.3. The number of ether oxygens (including phenoxy) is 2. The Labute approximate surface area is 174 Å². The molecule has 8 nitrogen and oxygen atoms in total. The Morgan fingerprint density at radius 1 is 1.03 bits per heavy atom. The number of hydrogen-bond acceptors (Lipinski definition) is 7. The van der Waals surface area contributed by atoms with Crippen molar-refractivity contribution < 1.29 is 19.1 Å². The van der Waals surface area contributed by atoms with Crippen LogP contribution in [-0.2, 0) is 9.59 Å². The summed E-state index contributed by atoms with van der Waals surface area (Å²) in [5.74, 6) is 1.03. The van der Waals surface area contributed by atoms with Crippen LogP contribution in [0.5, 0.6) is 11.5 Å². The van der Waals surface area contributed by atoms with Crippen molar-refractivity contribution in [3.8, 4) is 11.5 Å². The molecule has 2 N–H and O–H groups in total. The van der Waals surface area contributed by atoms with Gasteiger partial charge in [0.15, 0.2) is 0 Å². The van der Waals surface area contributed by atoms with Gasteiger partial charge in [-0.05, 0) is 25.0 Å². The molecule has 0 unspecified atom stereocenters. The molecule has 2 amide bonds. The van der Waals surface area contributed by atoms with Gasteiger partial charge >= 0.3 is 0 Å². The van der Waals surface area contributed by atoms with Crippen LogP contribution in [0.4, 0.5) is 10.8 Å². The number of methoxy groups -OCH3 is 2. The summed E-state index contributed by atoms with van der Waals surface area (Å²) in [7, 11) is 3.07. The first-order chi connectivity index (χ1) is 14.1. The highest BCUT2D eigenvalue weighted by atomic mass is 32.1. The van der Waals surface area contributed by atoms with Crippen LogP contribution in [0.2, 0.25) is 0 Å². The third kappa shape index (κ3) is 5.90. The van der Waals surface area contributed by atoms with Gasteiger partial charge in [0.1, 0.15) is 16.5 Å². The predicted molar refractivity (Wildman–Crippen MR) is 112 cm³/mol. The van der Waals surface area contributed by atoms with E-state index in [9.17, 15) is 9.59 Å². The molecule has 1 fully saturated rings. The number of carbonyl (C=O) groups excluding carboxylic acids is 2. The van der Waals surface area contributed by atoms with Gasteiger partial charge in [0, 0.05) is 24.8 Å². The van der Waals surface area contributed by atoms with E-state index in [2.05, 4.69) is 20.8 Å². The lowest BCUT2D eigenvalue weighted by molar-refractivity contribution is -0.121. The molecule has 1 heterocycles. The van der Waals surface area contributed by atoms with Crippen molar-refractivity contribution in [3.63, 3.8) is 0 Å². The maximum absolute atomic E-state index is 12.2. The van der Waals surface area contributed by atoms with Gasteiger partial charge in [-0.3, -0.25) is 9.59 Å². The topological polar surface area (TPSA) is 102 Å². The lowest BCUT2D eigenvalue weighted by Gasteiger charge is -2.18. The molecule has 1 aromatic heterocycles. The second kappa shape index (κ2) is 10.2. The Morgan fingerprint density at radius 3 is 2.45 bits per heavy atom. The van der Waals surface area contributed by atoms with Gasteiger partial charge in [0.2, 0.25) is 16.9 Å².